The Labute approximate surface area is 116 Å². The summed E-state index contributed by atoms with van der Waals surface area (Å²) in [6.07, 6.45) is 2.40. The lowest BCUT2D eigenvalue weighted by Crippen LogP contribution is -2.29. The number of nitrogens with zero attached hydrogens (tertiary/aromatic N) is 3. The van der Waals surface area contributed by atoms with Crippen molar-refractivity contribution in [3.63, 3.8) is 0 Å². The second-order valence-corrected chi connectivity index (χ2v) is 5.16. The van der Waals surface area contributed by atoms with Crippen LogP contribution >= 0.6 is 0 Å². The summed E-state index contributed by atoms with van der Waals surface area (Å²) in [6, 6.07) is 7.52. The molecule has 1 aromatic heterocycles. The van der Waals surface area contributed by atoms with Crippen LogP contribution in [0.25, 0.3) is 11.0 Å². The van der Waals surface area contributed by atoms with Crippen LogP contribution in [0, 0.1) is 0 Å². The highest BCUT2D eigenvalue weighted by Gasteiger charge is 2.15. The summed E-state index contributed by atoms with van der Waals surface area (Å²) in [5, 5.41) is 3.78. The average molecular weight is 272 g/mol. The van der Waals surface area contributed by atoms with Crippen LogP contribution in [0.5, 0.6) is 0 Å². The van der Waals surface area contributed by atoms with Gasteiger partial charge in [0.2, 0.25) is 0 Å². The number of hydrazone groups is 1. The molecule has 0 atom stereocenters. The third-order valence-electron chi connectivity index (χ3n) is 2.22. The van der Waals surface area contributed by atoms with Crippen molar-refractivity contribution in [2.45, 2.75) is 26.4 Å². The van der Waals surface area contributed by atoms with Crippen molar-refractivity contribution < 1.29 is 9.53 Å². The summed E-state index contributed by atoms with van der Waals surface area (Å²) in [7, 11) is 0. The van der Waals surface area contributed by atoms with E-state index >= 15 is 0 Å². The molecule has 1 amide bonds. The molecule has 2 aromatic rings. The molecular weight excluding hydrogens is 256 g/mol. The van der Waals surface area contributed by atoms with Crippen LogP contribution in [-0.4, -0.2) is 27.9 Å². The fourth-order valence-corrected chi connectivity index (χ4v) is 1.49. The first-order valence-electron chi connectivity index (χ1n) is 6.18. The largest absolute Gasteiger partial charge is 0.443 e. The van der Waals surface area contributed by atoms with Gasteiger partial charge < -0.3 is 4.74 Å². The average Bonchev–Trinajstić information content (AvgIpc) is 2.36. The standard InChI is InChI=1S/C14H16N4O2/c1-14(2,3)20-13(19)18-16-9-10-8-15-11-6-4-5-7-12(11)17-10/h4-9H,1-3H3,(H,18,19)/b16-9-. The van der Waals surface area contributed by atoms with E-state index in [-0.39, 0.29) is 0 Å². The molecule has 1 heterocycles. The third kappa shape index (κ3) is 4.01. The van der Waals surface area contributed by atoms with Crippen LogP contribution in [-0.2, 0) is 4.74 Å². The molecule has 0 fully saturated rings. The van der Waals surface area contributed by atoms with Gasteiger partial charge >= 0.3 is 6.09 Å². The molecule has 20 heavy (non-hydrogen) atoms. The highest BCUT2D eigenvalue weighted by molar-refractivity contribution is 5.82. The normalized spacial score (nSPS) is 11.8. The fraction of sp³-hybridized carbons (Fsp3) is 0.286. The minimum Gasteiger partial charge on any atom is -0.443 e. The number of ether oxygens (including phenoxy) is 1. The highest BCUT2D eigenvalue weighted by Crippen LogP contribution is 2.08. The third-order valence-corrected chi connectivity index (χ3v) is 2.22. The van der Waals surface area contributed by atoms with E-state index in [2.05, 4.69) is 20.5 Å². The molecule has 0 spiro atoms. The van der Waals surface area contributed by atoms with Gasteiger partial charge in [0, 0.05) is 0 Å². The molecule has 6 nitrogen and oxygen atoms in total. The van der Waals surface area contributed by atoms with Crippen molar-refractivity contribution in [2.75, 3.05) is 0 Å². The highest BCUT2D eigenvalue weighted by atomic mass is 16.6. The number of rotatable bonds is 2. The van der Waals surface area contributed by atoms with Crippen molar-refractivity contribution in [1.82, 2.24) is 15.4 Å². The van der Waals surface area contributed by atoms with E-state index in [1.54, 1.807) is 27.0 Å². The number of para-hydroxylation sites is 2. The van der Waals surface area contributed by atoms with Crippen LogP contribution in [0.2, 0.25) is 0 Å². The van der Waals surface area contributed by atoms with Crippen molar-refractivity contribution in [3.05, 3.63) is 36.2 Å². The summed E-state index contributed by atoms with van der Waals surface area (Å²) >= 11 is 0. The van der Waals surface area contributed by atoms with E-state index < -0.39 is 11.7 Å². The van der Waals surface area contributed by atoms with Gasteiger partial charge in [0.25, 0.3) is 0 Å². The van der Waals surface area contributed by atoms with Gasteiger partial charge in [-0.1, -0.05) is 12.1 Å². The molecule has 1 N–H and O–H groups in total. The first-order chi connectivity index (χ1) is 9.44. The number of hydrogen-bond acceptors (Lipinski definition) is 5. The molecule has 0 aliphatic rings. The van der Waals surface area contributed by atoms with E-state index in [1.807, 2.05) is 24.3 Å². The van der Waals surface area contributed by atoms with Crippen molar-refractivity contribution in [1.29, 1.82) is 0 Å². The Kier molecular flexibility index (Phi) is 3.93. The number of hydrogen-bond donors (Lipinski definition) is 1. The molecule has 6 heteroatoms. The van der Waals surface area contributed by atoms with E-state index in [4.69, 9.17) is 4.74 Å². The molecule has 0 aliphatic carbocycles. The minimum absolute atomic E-state index is 0.553. The van der Waals surface area contributed by atoms with Gasteiger partial charge in [-0.3, -0.25) is 4.98 Å². The van der Waals surface area contributed by atoms with Crippen molar-refractivity contribution in [2.24, 2.45) is 5.10 Å². The smallest absolute Gasteiger partial charge is 0.428 e. The zero-order chi connectivity index (χ0) is 14.6. The molecule has 0 bridgehead atoms. The second kappa shape index (κ2) is 5.64. The number of carbonyl (C=O) groups is 1. The van der Waals surface area contributed by atoms with Gasteiger partial charge in [-0.15, -0.1) is 0 Å². The predicted molar refractivity (Wildman–Crippen MR) is 76.5 cm³/mol. The van der Waals surface area contributed by atoms with E-state index in [0.29, 0.717) is 5.69 Å². The summed E-state index contributed by atoms with van der Waals surface area (Å²) in [6.45, 7) is 5.35. The lowest BCUT2D eigenvalue weighted by molar-refractivity contribution is 0.0529. The summed E-state index contributed by atoms with van der Waals surface area (Å²) in [4.78, 5) is 20.0. The number of nitrogens with one attached hydrogen (secondary N) is 1. The number of benzene rings is 1. The molecule has 0 radical (unpaired) electrons. The van der Waals surface area contributed by atoms with Crippen molar-refractivity contribution >= 4 is 23.3 Å². The number of carbonyl (C=O) groups excluding carboxylic acids is 1. The Morgan fingerprint density at radius 2 is 2.00 bits per heavy atom. The maximum absolute atomic E-state index is 11.4. The first kappa shape index (κ1) is 13.9. The monoisotopic (exact) mass is 272 g/mol. The summed E-state index contributed by atoms with van der Waals surface area (Å²) < 4.78 is 5.05. The van der Waals surface area contributed by atoms with Crippen LogP contribution in [0.4, 0.5) is 4.79 Å². The van der Waals surface area contributed by atoms with Crippen LogP contribution < -0.4 is 5.43 Å². The number of aromatic nitrogens is 2. The van der Waals surface area contributed by atoms with E-state index in [9.17, 15) is 4.79 Å². The maximum Gasteiger partial charge on any atom is 0.428 e. The van der Waals surface area contributed by atoms with Gasteiger partial charge in [-0.25, -0.2) is 15.2 Å². The summed E-state index contributed by atoms with van der Waals surface area (Å²) in [5.74, 6) is 0. The van der Waals surface area contributed by atoms with Crippen LogP contribution in [0.3, 0.4) is 0 Å². The molecule has 0 unspecified atom stereocenters. The first-order valence-corrected chi connectivity index (χ1v) is 6.18. The molecular formula is C14H16N4O2. The molecule has 1 aromatic carbocycles. The van der Waals surface area contributed by atoms with E-state index in [1.165, 1.54) is 6.21 Å². The molecule has 2 rings (SSSR count). The lowest BCUT2D eigenvalue weighted by Gasteiger charge is -2.18. The fourth-order valence-electron chi connectivity index (χ4n) is 1.49. The van der Waals surface area contributed by atoms with Gasteiger partial charge in [0.05, 0.1) is 23.4 Å². The second-order valence-electron chi connectivity index (χ2n) is 5.16. The van der Waals surface area contributed by atoms with Gasteiger partial charge in [0.1, 0.15) is 11.3 Å². The quantitative estimate of drug-likeness (QED) is 0.673. The maximum atomic E-state index is 11.4. The molecule has 0 saturated heterocycles. The van der Waals surface area contributed by atoms with Crippen LogP contribution in [0.1, 0.15) is 26.5 Å². The number of fused-ring (bicyclic) bond motifs is 1. The molecule has 0 aliphatic heterocycles. The molecule has 0 saturated carbocycles. The van der Waals surface area contributed by atoms with Crippen LogP contribution in [0.15, 0.2) is 35.6 Å². The lowest BCUT2D eigenvalue weighted by atomic mass is 10.2. The van der Waals surface area contributed by atoms with Crippen molar-refractivity contribution in [3.8, 4) is 0 Å². The Balaban J connectivity index is 2.01. The van der Waals surface area contributed by atoms with Gasteiger partial charge in [0.15, 0.2) is 0 Å². The zero-order valence-corrected chi connectivity index (χ0v) is 11.6. The topological polar surface area (TPSA) is 76.5 Å². The number of amides is 1. The summed E-state index contributed by atoms with van der Waals surface area (Å²) in [5.41, 5.74) is 3.86. The Hall–Kier alpha value is -2.50. The Bertz CT molecular complexity index is 647. The Morgan fingerprint density at radius 3 is 2.70 bits per heavy atom. The minimum atomic E-state index is -0.609. The van der Waals surface area contributed by atoms with E-state index in [0.717, 1.165) is 11.0 Å². The zero-order valence-electron chi connectivity index (χ0n) is 11.6. The Morgan fingerprint density at radius 1 is 1.30 bits per heavy atom. The van der Waals surface area contributed by atoms with Gasteiger partial charge in [-0.05, 0) is 32.9 Å². The SMILES string of the molecule is CC(C)(C)OC(=O)N/N=C\c1cnc2ccccc2n1. The predicted octanol–water partition coefficient (Wildman–Crippen LogP) is 2.49. The van der Waals surface area contributed by atoms with Gasteiger partial charge in [-0.2, -0.15) is 5.10 Å². The molecule has 104 valence electrons.